The summed E-state index contributed by atoms with van der Waals surface area (Å²) < 4.78 is 5.68. The van der Waals surface area contributed by atoms with Crippen molar-refractivity contribution in [3.8, 4) is 5.75 Å². The SMILES string of the molecule is CCOc1cccc(N2C(=O)c3ccccc3NC2c2cccc3cccnc23)c1. The summed E-state index contributed by atoms with van der Waals surface area (Å²) in [6.07, 6.45) is 1.38. The van der Waals surface area contributed by atoms with E-state index in [4.69, 9.17) is 4.74 Å². The minimum Gasteiger partial charge on any atom is -0.494 e. The molecule has 1 aromatic heterocycles. The third-order valence-corrected chi connectivity index (χ3v) is 5.29. The number of anilines is 2. The highest BCUT2D eigenvalue weighted by Crippen LogP contribution is 2.39. The van der Waals surface area contributed by atoms with E-state index in [1.807, 2.05) is 85.8 Å². The molecule has 0 saturated carbocycles. The molecule has 5 nitrogen and oxygen atoms in total. The van der Waals surface area contributed by atoms with Crippen molar-refractivity contribution in [3.63, 3.8) is 0 Å². The fraction of sp³-hybridized carbons (Fsp3) is 0.120. The van der Waals surface area contributed by atoms with Gasteiger partial charge in [0.05, 0.1) is 23.4 Å². The first-order valence-electron chi connectivity index (χ1n) is 10.0. The van der Waals surface area contributed by atoms with Gasteiger partial charge in [0.1, 0.15) is 11.9 Å². The van der Waals surface area contributed by atoms with Gasteiger partial charge in [-0.3, -0.25) is 14.7 Å². The van der Waals surface area contributed by atoms with Gasteiger partial charge in [0, 0.05) is 28.9 Å². The van der Waals surface area contributed by atoms with E-state index in [0.717, 1.165) is 33.6 Å². The number of hydrogen-bond donors (Lipinski definition) is 1. The molecule has 1 amide bonds. The molecule has 0 radical (unpaired) electrons. The molecular formula is C25H21N3O2. The Morgan fingerprint density at radius 1 is 1.00 bits per heavy atom. The molecule has 1 atom stereocenters. The van der Waals surface area contributed by atoms with Gasteiger partial charge in [0.15, 0.2) is 0 Å². The van der Waals surface area contributed by atoms with Crippen LogP contribution in [0.25, 0.3) is 10.9 Å². The summed E-state index contributed by atoms with van der Waals surface area (Å²) in [5, 5.41) is 4.59. The molecule has 30 heavy (non-hydrogen) atoms. The summed E-state index contributed by atoms with van der Waals surface area (Å²) in [6, 6.07) is 25.3. The van der Waals surface area contributed by atoms with Crippen LogP contribution in [-0.4, -0.2) is 17.5 Å². The second-order valence-corrected chi connectivity index (χ2v) is 7.12. The fourth-order valence-electron chi connectivity index (χ4n) is 3.98. The zero-order valence-corrected chi connectivity index (χ0v) is 16.6. The van der Waals surface area contributed by atoms with Crippen LogP contribution in [-0.2, 0) is 0 Å². The molecular weight excluding hydrogens is 374 g/mol. The smallest absolute Gasteiger partial charge is 0.262 e. The highest BCUT2D eigenvalue weighted by atomic mass is 16.5. The van der Waals surface area contributed by atoms with Crippen molar-refractivity contribution in [1.29, 1.82) is 0 Å². The van der Waals surface area contributed by atoms with Crippen molar-refractivity contribution >= 4 is 28.2 Å². The number of hydrogen-bond acceptors (Lipinski definition) is 4. The molecule has 1 aliphatic rings. The Morgan fingerprint density at radius 2 is 1.83 bits per heavy atom. The van der Waals surface area contributed by atoms with Gasteiger partial charge >= 0.3 is 0 Å². The van der Waals surface area contributed by atoms with E-state index in [2.05, 4.69) is 10.3 Å². The number of nitrogens with zero attached hydrogens (tertiary/aromatic N) is 2. The maximum Gasteiger partial charge on any atom is 0.262 e. The van der Waals surface area contributed by atoms with Crippen LogP contribution in [0.5, 0.6) is 5.75 Å². The molecule has 1 N–H and O–H groups in total. The third kappa shape index (κ3) is 3.05. The van der Waals surface area contributed by atoms with Gasteiger partial charge in [-0.05, 0) is 37.3 Å². The summed E-state index contributed by atoms with van der Waals surface area (Å²) >= 11 is 0. The van der Waals surface area contributed by atoms with Crippen LogP contribution in [0.4, 0.5) is 11.4 Å². The van der Waals surface area contributed by atoms with Gasteiger partial charge in [-0.25, -0.2) is 0 Å². The lowest BCUT2D eigenvalue weighted by atomic mass is 10.0. The number of nitrogens with one attached hydrogen (secondary N) is 1. The van der Waals surface area contributed by atoms with E-state index in [-0.39, 0.29) is 5.91 Å². The van der Waals surface area contributed by atoms with Crippen LogP contribution in [0, 0.1) is 0 Å². The van der Waals surface area contributed by atoms with Crippen molar-refractivity contribution in [2.45, 2.75) is 13.1 Å². The summed E-state index contributed by atoms with van der Waals surface area (Å²) in [5.41, 5.74) is 4.04. The molecule has 5 heteroatoms. The highest BCUT2D eigenvalue weighted by molar-refractivity contribution is 6.12. The van der Waals surface area contributed by atoms with E-state index < -0.39 is 6.17 Å². The largest absolute Gasteiger partial charge is 0.494 e. The van der Waals surface area contributed by atoms with E-state index >= 15 is 0 Å². The molecule has 1 aliphatic heterocycles. The molecule has 5 rings (SSSR count). The molecule has 0 fully saturated rings. The van der Waals surface area contributed by atoms with Crippen LogP contribution >= 0.6 is 0 Å². The van der Waals surface area contributed by atoms with Crippen LogP contribution in [0.3, 0.4) is 0 Å². The Bertz CT molecular complexity index is 1230. The standard InChI is InChI=1S/C25H21N3O2/c1-2-30-19-11-6-10-18(16-19)28-24(27-22-14-4-3-12-20(22)25(28)29)21-13-5-8-17-9-7-15-26-23(17)21/h3-16,24,27H,2H2,1H3. The minimum absolute atomic E-state index is 0.0593. The van der Waals surface area contributed by atoms with Crippen molar-refractivity contribution in [1.82, 2.24) is 4.98 Å². The molecule has 148 valence electrons. The van der Waals surface area contributed by atoms with Crippen LogP contribution < -0.4 is 15.0 Å². The van der Waals surface area contributed by atoms with Crippen molar-refractivity contribution in [2.24, 2.45) is 0 Å². The van der Waals surface area contributed by atoms with Gasteiger partial charge in [-0.1, -0.05) is 42.5 Å². The molecule has 0 bridgehead atoms. The van der Waals surface area contributed by atoms with E-state index in [0.29, 0.717) is 12.2 Å². The molecule has 0 spiro atoms. The lowest BCUT2D eigenvalue weighted by Gasteiger charge is -2.38. The number of rotatable bonds is 4. The van der Waals surface area contributed by atoms with Crippen LogP contribution in [0.1, 0.15) is 29.0 Å². The van der Waals surface area contributed by atoms with Gasteiger partial charge in [0.25, 0.3) is 5.91 Å². The predicted octanol–water partition coefficient (Wildman–Crippen LogP) is 5.40. The number of pyridine rings is 1. The summed E-state index contributed by atoms with van der Waals surface area (Å²) in [5.74, 6) is 0.674. The monoisotopic (exact) mass is 395 g/mol. The summed E-state index contributed by atoms with van der Waals surface area (Å²) in [4.78, 5) is 20.0. The van der Waals surface area contributed by atoms with Gasteiger partial charge in [-0.15, -0.1) is 0 Å². The lowest BCUT2D eigenvalue weighted by Crippen LogP contribution is -2.43. The van der Waals surface area contributed by atoms with Crippen molar-refractivity contribution in [2.75, 3.05) is 16.8 Å². The first-order chi connectivity index (χ1) is 14.8. The maximum atomic E-state index is 13.6. The number of amides is 1. The average molecular weight is 395 g/mol. The van der Waals surface area contributed by atoms with Crippen LogP contribution in [0.2, 0.25) is 0 Å². The Hall–Kier alpha value is -3.86. The number of carbonyl (C=O) groups is 1. The predicted molar refractivity (Wildman–Crippen MR) is 119 cm³/mol. The number of para-hydroxylation sites is 2. The minimum atomic E-state index is -0.400. The first-order valence-corrected chi connectivity index (χ1v) is 10.0. The normalized spacial score (nSPS) is 15.6. The quantitative estimate of drug-likeness (QED) is 0.502. The molecule has 3 aromatic carbocycles. The maximum absolute atomic E-state index is 13.6. The molecule has 4 aromatic rings. The van der Waals surface area contributed by atoms with E-state index in [9.17, 15) is 4.79 Å². The second kappa shape index (κ2) is 7.52. The number of fused-ring (bicyclic) bond motifs is 2. The Morgan fingerprint density at radius 3 is 2.73 bits per heavy atom. The summed E-state index contributed by atoms with van der Waals surface area (Å²) in [6.45, 7) is 2.51. The summed E-state index contributed by atoms with van der Waals surface area (Å²) in [7, 11) is 0. The second-order valence-electron chi connectivity index (χ2n) is 7.12. The zero-order chi connectivity index (χ0) is 20.5. The number of carbonyl (C=O) groups excluding carboxylic acids is 1. The van der Waals surface area contributed by atoms with Gasteiger partial charge in [0.2, 0.25) is 0 Å². The van der Waals surface area contributed by atoms with E-state index in [1.165, 1.54) is 0 Å². The number of aromatic nitrogens is 1. The lowest BCUT2D eigenvalue weighted by molar-refractivity contribution is 0.0975. The molecule has 0 aliphatic carbocycles. The van der Waals surface area contributed by atoms with Crippen LogP contribution in [0.15, 0.2) is 85.1 Å². The Labute approximate surface area is 174 Å². The van der Waals surface area contributed by atoms with Crippen molar-refractivity contribution < 1.29 is 9.53 Å². The molecule has 1 unspecified atom stereocenters. The Kier molecular flexibility index (Phi) is 4.56. The fourth-order valence-corrected chi connectivity index (χ4v) is 3.98. The molecule has 2 heterocycles. The van der Waals surface area contributed by atoms with E-state index in [1.54, 1.807) is 11.1 Å². The third-order valence-electron chi connectivity index (χ3n) is 5.29. The first kappa shape index (κ1) is 18.2. The zero-order valence-electron chi connectivity index (χ0n) is 16.6. The van der Waals surface area contributed by atoms with Crippen molar-refractivity contribution in [3.05, 3.63) is 96.2 Å². The number of ether oxygens (including phenoxy) is 1. The topological polar surface area (TPSA) is 54.5 Å². The van der Waals surface area contributed by atoms with Gasteiger partial charge < -0.3 is 10.1 Å². The highest BCUT2D eigenvalue weighted by Gasteiger charge is 2.35. The average Bonchev–Trinajstić information content (AvgIpc) is 2.79. The number of benzene rings is 3. The Balaban J connectivity index is 1.70. The molecule has 0 saturated heterocycles. The van der Waals surface area contributed by atoms with Gasteiger partial charge in [-0.2, -0.15) is 0 Å².